The van der Waals surface area contributed by atoms with Gasteiger partial charge in [-0.25, -0.2) is 4.79 Å². The molecule has 2 atom stereocenters. The van der Waals surface area contributed by atoms with Gasteiger partial charge in [0.05, 0.1) is 6.07 Å². The molecule has 1 aliphatic rings. The van der Waals surface area contributed by atoms with Crippen LogP contribution in [0.25, 0.3) is 0 Å². The highest BCUT2D eigenvalue weighted by Crippen LogP contribution is 2.28. The molecule has 1 aromatic carbocycles. The van der Waals surface area contributed by atoms with Crippen molar-refractivity contribution in [2.45, 2.75) is 38.8 Å². The minimum absolute atomic E-state index is 0.159. The number of carbonyl (C=O) groups is 4. The van der Waals surface area contributed by atoms with Gasteiger partial charge in [0.1, 0.15) is 17.6 Å². The molecule has 29 heavy (non-hydrogen) atoms. The summed E-state index contributed by atoms with van der Waals surface area (Å²) in [5, 5.41) is 14.3. The van der Waals surface area contributed by atoms with E-state index in [0.29, 0.717) is 5.56 Å². The molecular formula is C20H24N4O5. The van der Waals surface area contributed by atoms with Crippen LogP contribution in [0.1, 0.15) is 33.3 Å². The van der Waals surface area contributed by atoms with Gasteiger partial charge in [0.25, 0.3) is 11.8 Å². The molecule has 9 heteroatoms. The maximum Gasteiger partial charge on any atom is 0.326 e. The molecule has 154 valence electrons. The fourth-order valence-electron chi connectivity index (χ4n) is 2.76. The number of hydrogen-bond acceptors (Lipinski definition) is 6. The van der Waals surface area contributed by atoms with Crippen molar-refractivity contribution in [3.8, 4) is 6.07 Å². The van der Waals surface area contributed by atoms with E-state index >= 15 is 0 Å². The number of benzene rings is 1. The van der Waals surface area contributed by atoms with Gasteiger partial charge in [0.2, 0.25) is 0 Å². The van der Waals surface area contributed by atoms with Crippen molar-refractivity contribution in [3.63, 3.8) is 0 Å². The first-order chi connectivity index (χ1) is 13.5. The molecule has 1 heterocycles. The summed E-state index contributed by atoms with van der Waals surface area (Å²) in [5.74, 6) is -2.31. The smallest absolute Gasteiger partial charge is 0.326 e. The molecule has 0 aromatic heterocycles. The summed E-state index contributed by atoms with van der Waals surface area (Å²) in [5.41, 5.74) is -1.81. The lowest BCUT2D eigenvalue weighted by atomic mass is 9.90. The van der Waals surface area contributed by atoms with E-state index in [9.17, 15) is 24.4 Å². The molecule has 0 spiro atoms. The zero-order valence-corrected chi connectivity index (χ0v) is 16.8. The van der Waals surface area contributed by atoms with Crippen molar-refractivity contribution in [2.24, 2.45) is 5.92 Å². The largest absolute Gasteiger partial charge is 0.454 e. The SMILES string of the molecule is CC(C)[C@@](C)(C#N)NC(=O)COC(=O)CN1C(=O)N[C@](C)(c2ccccc2)C1=O. The topological polar surface area (TPSA) is 129 Å². The Bertz CT molecular complexity index is 863. The summed E-state index contributed by atoms with van der Waals surface area (Å²) in [4.78, 5) is 49.8. The summed E-state index contributed by atoms with van der Waals surface area (Å²) in [7, 11) is 0. The molecule has 2 N–H and O–H groups in total. The van der Waals surface area contributed by atoms with Gasteiger partial charge in [-0.15, -0.1) is 0 Å². The Kier molecular flexibility index (Phi) is 6.27. The van der Waals surface area contributed by atoms with Crippen LogP contribution >= 0.6 is 0 Å². The summed E-state index contributed by atoms with van der Waals surface area (Å²) < 4.78 is 4.87. The molecule has 0 bridgehead atoms. The predicted octanol–water partition coefficient (Wildman–Crippen LogP) is 1.05. The summed E-state index contributed by atoms with van der Waals surface area (Å²) in [6, 6.07) is 9.95. The molecule has 0 radical (unpaired) electrons. The lowest BCUT2D eigenvalue weighted by Gasteiger charge is -2.27. The summed E-state index contributed by atoms with van der Waals surface area (Å²) in [6.07, 6.45) is 0. The number of nitrogens with one attached hydrogen (secondary N) is 2. The summed E-state index contributed by atoms with van der Waals surface area (Å²) >= 11 is 0. The van der Waals surface area contributed by atoms with Crippen molar-refractivity contribution >= 4 is 23.8 Å². The highest BCUT2D eigenvalue weighted by atomic mass is 16.5. The quantitative estimate of drug-likeness (QED) is 0.520. The van der Waals surface area contributed by atoms with Crippen LogP contribution in [0.5, 0.6) is 0 Å². The highest BCUT2D eigenvalue weighted by molar-refractivity contribution is 6.08. The maximum atomic E-state index is 12.7. The average Bonchev–Trinajstić information content (AvgIpc) is 2.91. The predicted molar refractivity (Wildman–Crippen MR) is 102 cm³/mol. The van der Waals surface area contributed by atoms with Crippen LogP contribution in [-0.4, -0.2) is 47.4 Å². The molecule has 0 unspecified atom stereocenters. The first-order valence-electron chi connectivity index (χ1n) is 9.11. The molecule has 2 rings (SSSR count). The van der Waals surface area contributed by atoms with Crippen LogP contribution in [0.4, 0.5) is 4.79 Å². The van der Waals surface area contributed by atoms with Crippen LogP contribution < -0.4 is 10.6 Å². The molecule has 9 nitrogen and oxygen atoms in total. The minimum Gasteiger partial charge on any atom is -0.454 e. The molecule has 1 aromatic rings. The molecular weight excluding hydrogens is 376 g/mol. The number of esters is 1. The number of ether oxygens (including phenoxy) is 1. The van der Waals surface area contributed by atoms with Crippen molar-refractivity contribution in [3.05, 3.63) is 35.9 Å². The molecule has 1 aliphatic heterocycles. The van der Waals surface area contributed by atoms with Crippen LogP contribution in [0.15, 0.2) is 30.3 Å². The van der Waals surface area contributed by atoms with Gasteiger partial charge in [0, 0.05) is 0 Å². The first-order valence-corrected chi connectivity index (χ1v) is 9.11. The van der Waals surface area contributed by atoms with E-state index in [2.05, 4.69) is 10.6 Å². The van der Waals surface area contributed by atoms with Crippen LogP contribution in [-0.2, 0) is 24.7 Å². The fraction of sp³-hybridized carbons (Fsp3) is 0.450. The second-order valence-electron chi connectivity index (χ2n) is 7.49. The first kappa shape index (κ1) is 21.9. The third kappa shape index (κ3) is 4.54. The molecule has 1 saturated heterocycles. The van der Waals surface area contributed by atoms with E-state index in [1.54, 1.807) is 58.0 Å². The number of amides is 4. The third-order valence-corrected chi connectivity index (χ3v) is 5.06. The average molecular weight is 400 g/mol. The van der Waals surface area contributed by atoms with E-state index in [4.69, 9.17) is 4.74 Å². The molecule has 1 fully saturated rings. The van der Waals surface area contributed by atoms with Crippen molar-refractivity contribution in [1.29, 1.82) is 5.26 Å². The van der Waals surface area contributed by atoms with E-state index in [1.165, 1.54) is 0 Å². The molecule has 4 amide bonds. The van der Waals surface area contributed by atoms with Crippen molar-refractivity contribution in [1.82, 2.24) is 15.5 Å². The normalized spacial score (nSPS) is 20.6. The van der Waals surface area contributed by atoms with Crippen molar-refractivity contribution < 1.29 is 23.9 Å². The number of nitrogens with zero attached hydrogens (tertiary/aromatic N) is 2. The number of urea groups is 1. The van der Waals surface area contributed by atoms with Gasteiger partial charge in [-0.2, -0.15) is 5.26 Å². The molecule has 0 aliphatic carbocycles. The van der Waals surface area contributed by atoms with Gasteiger partial charge in [-0.1, -0.05) is 44.2 Å². The zero-order chi connectivity index (χ0) is 21.8. The number of hydrogen-bond donors (Lipinski definition) is 2. The zero-order valence-electron chi connectivity index (χ0n) is 16.8. The Balaban J connectivity index is 1.96. The highest BCUT2D eigenvalue weighted by Gasteiger charge is 2.49. The second kappa shape index (κ2) is 8.31. The van der Waals surface area contributed by atoms with E-state index in [0.717, 1.165) is 4.90 Å². The van der Waals surface area contributed by atoms with E-state index in [-0.39, 0.29) is 5.92 Å². The number of rotatable bonds is 7. The van der Waals surface area contributed by atoms with Gasteiger partial charge in [-0.05, 0) is 25.3 Å². The number of carbonyl (C=O) groups excluding carboxylic acids is 4. The van der Waals surface area contributed by atoms with Crippen LogP contribution in [0, 0.1) is 17.2 Å². The van der Waals surface area contributed by atoms with E-state index in [1.807, 2.05) is 6.07 Å². The van der Waals surface area contributed by atoms with Gasteiger partial charge < -0.3 is 15.4 Å². The van der Waals surface area contributed by atoms with Crippen LogP contribution in [0.3, 0.4) is 0 Å². The maximum absolute atomic E-state index is 12.7. The van der Waals surface area contributed by atoms with Gasteiger partial charge >= 0.3 is 12.0 Å². The number of nitriles is 1. The lowest BCUT2D eigenvalue weighted by molar-refractivity contribution is -0.151. The minimum atomic E-state index is -1.29. The van der Waals surface area contributed by atoms with E-state index < -0.39 is 48.0 Å². The van der Waals surface area contributed by atoms with Gasteiger partial charge in [0.15, 0.2) is 6.61 Å². The lowest BCUT2D eigenvalue weighted by Crippen LogP contribution is -2.50. The Morgan fingerprint density at radius 3 is 2.48 bits per heavy atom. The van der Waals surface area contributed by atoms with Crippen molar-refractivity contribution in [2.75, 3.05) is 13.2 Å². The fourth-order valence-corrected chi connectivity index (χ4v) is 2.76. The molecule has 0 saturated carbocycles. The summed E-state index contributed by atoms with van der Waals surface area (Å²) in [6.45, 7) is 5.42. The number of imide groups is 1. The standard InChI is InChI=1S/C20H24N4O5/c1-13(2)19(3,12-21)22-15(25)11-29-16(26)10-24-17(27)20(4,23-18(24)28)14-8-6-5-7-9-14/h5-9,13H,10-11H2,1-4H3,(H,22,25)(H,23,28)/t19-,20-/m1/s1. The Hall–Kier alpha value is -3.41. The van der Waals surface area contributed by atoms with Gasteiger partial charge in [-0.3, -0.25) is 19.3 Å². The Morgan fingerprint density at radius 1 is 1.31 bits per heavy atom. The second-order valence-corrected chi connectivity index (χ2v) is 7.49. The Morgan fingerprint density at radius 2 is 1.93 bits per heavy atom. The third-order valence-electron chi connectivity index (χ3n) is 5.06. The monoisotopic (exact) mass is 400 g/mol. The van der Waals surface area contributed by atoms with Crippen LogP contribution in [0.2, 0.25) is 0 Å². The Labute approximate surface area is 169 Å².